The molecule has 110 valence electrons. The van der Waals surface area contributed by atoms with Crippen LogP contribution in [0.25, 0.3) is 6.08 Å². The molecule has 0 aromatic heterocycles. The van der Waals surface area contributed by atoms with E-state index in [0.29, 0.717) is 15.1 Å². The number of rotatable bonds is 2. The van der Waals surface area contributed by atoms with Crippen molar-refractivity contribution in [1.82, 2.24) is 5.32 Å². The molecule has 1 heterocycles. The van der Waals surface area contributed by atoms with Crippen molar-refractivity contribution in [2.75, 3.05) is 0 Å². The van der Waals surface area contributed by atoms with Crippen LogP contribution in [0.5, 0.6) is 0 Å². The smallest absolute Gasteiger partial charge is 0.264 e. The van der Waals surface area contributed by atoms with Crippen molar-refractivity contribution in [3.05, 3.63) is 67.6 Å². The summed E-state index contributed by atoms with van der Waals surface area (Å²) in [6, 6.07) is 15.1. The van der Waals surface area contributed by atoms with Crippen LogP contribution in [-0.2, 0) is 4.79 Å². The van der Waals surface area contributed by atoms with Gasteiger partial charge >= 0.3 is 0 Å². The van der Waals surface area contributed by atoms with E-state index in [-0.39, 0.29) is 5.91 Å². The van der Waals surface area contributed by atoms with Crippen LogP contribution in [-0.4, -0.2) is 11.1 Å². The predicted octanol–water partition coefficient (Wildman–Crippen LogP) is 4.84. The van der Waals surface area contributed by atoms with Gasteiger partial charge in [0.25, 0.3) is 5.91 Å². The Hall–Kier alpha value is -1.31. The molecule has 0 bridgehead atoms. The molecule has 0 unspecified atom stereocenters. The van der Waals surface area contributed by atoms with Gasteiger partial charge in [-0.25, -0.2) is 4.99 Å². The third-order valence-electron chi connectivity index (χ3n) is 2.89. The van der Waals surface area contributed by atoms with Gasteiger partial charge in [-0.2, -0.15) is 0 Å². The van der Waals surface area contributed by atoms with Crippen molar-refractivity contribution in [2.45, 2.75) is 0 Å². The number of benzene rings is 2. The first-order valence-corrected chi connectivity index (χ1v) is 8.69. The number of halogens is 2. The Morgan fingerprint density at radius 1 is 1.14 bits per heavy atom. The van der Waals surface area contributed by atoms with E-state index in [1.807, 2.05) is 42.5 Å². The van der Waals surface area contributed by atoms with E-state index in [0.717, 1.165) is 14.8 Å². The predicted molar refractivity (Wildman–Crippen MR) is 101 cm³/mol. The Bertz CT molecular complexity index is 787. The van der Waals surface area contributed by atoms with Gasteiger partial charge in [0.1, 0.15) is 0 Å². The first kappa shape index (κ1) is 15.6. The first-order valence-electron chi connectivity index (χ1n) is 6.41. The molecule has 0 spiro atoms. The van der Waals surface area contributed by atoms with Crippen LogP contribution >= 0.6 is 46.0 Å². The summed E-state index contributed by atoms with van der Waals surface area (Å²) in [6.07, 6.45) is 1.83. The Labute approximate surface area is 151 Å². The quantitative estimate of drug-likeness (QED) is 0.536. The molecule has 6 heteroatoms. The Kier molecular flexibility index (Phi) is 4.85. The molecule has 0 aliphatic carbocycles. The summed E-state index contributed by atoms with van der Waals surface area (Å²) >= 11 is 9.42. The number of amidine groups is 1. The molecule has 22 heavy (non-hydrogen) atoms. The number of hydrogen-bond acceptors (Lipinski definition) is 3. The minimum Gasteiger partial charge on any atom is -0.300 e. The zero-order valence-electron chi connectivity index (χ0n) is 11.2. The molecule has 1 N–H and O–H groups in total. The van der Waals surface area contributed by atoms with Crippen molar-refractivity contribution in [3.63, 3.8) is 0 Å². The summed E-state index contributed by atoms with van der Waals surface area (Å²) in [5.41, 5.74) is 1.77. The van der Waals surface area contributed by atoms with Gasteiger partial charge in [0, 0.05) is 8.59 Å². The molecule has 1 saturated heterocycles. The maximum Gasteiger partial charge on any atom is 0.264 e. The number of carbonyl (C=O) groups is 1. The maximum absolute atomic E-state index is 12.0. The highest BCUT2D eigenvalue weighted by atomic mass is 127. The Morgan fingerprint density at radius 2 is 1.86 bits per heavy atom. The lowest BCUT2D eigenvalue weighted by atomic mass is 10.2. The highest BCUT2D eigenvalue weighted by molar-refractivity contribution is 14.1. The largest absolute Gasteiger partial charge is 0.300 e. The number of hydrogen-bond donors (Lipinski definition) is 1. The van der Waals surface area contributed by atoms with E-state index >= 15 is 0 Å². The summed E-state index contributed by atoms with van der Waals surface area (Å²) < 4.78 is 1.04. The Morgan fingerprint density at radius 3 is 2.59 bits per heavy atom. The average molecular weight is 441 g/mol. The standard InChI is InChI=1S/C16H10ClIN2OS/c17-11-7-5-10(6-8-11)9-14-15(21)20-16(22-14)19-13-4-2-1-3-12(13)18/h1-9H,(H,19,20,21)/b14-9+. The van der Waals surface area contributed by atoms with Crippen LogP contribution < -0.4 is 5.32 Å². The number of thioether (sulfide) groups is 1. The molecule has 2 aromatic carbocycles. The van der Waals surface area contributed by atoms with E-state index in [4.69, 9.17) is 11.6 Å². The van der Waals surface area contributed by atoms with Gasteiger partial charge in [0.15, 0.2) is 5.17 Å². The lowest BCUT2D eigenvalue weighted by Crippen LogP contribution is -2.19. The minimum atomic E-state index is -0.135. The number of amides is 1. The second-order valence-electron chi connectivity index (χ2n) is 4.48. The number of aliphatic imine (C=N–C) groups is 1. The monoisotopic (exact) mass is 440 g/mol. The zero-order valence-corrected chi connectivity index (χ0v) is 14.9. The summed E-state index contributed by atoms with van der Waals surface area (Å²) in [5.74, 6) is -0.135. The molecular weight excluding hydrogens is 431 g/mol. The molecule has 2 aromatic rings. The fraction of sp³-hybridized carbons (Fsp3) is 0. The minimum absolute atomic E-state index is 0.135. The Balaban J connectivity index is 1.84. The van der Waals surface area contributed by atoms with Gasteiger partial charge in [-0.15, -0.1) is 0 Å². The zero-order chi connectivity index (χ0) is 15.5. The SMILES string of the molecule is O=C1NC(=Nc2ccccc2I)S/C1=C/c1ccc(Cl)cc1. The molecular formula is C16H10ClIN2OS. The normalized spacial score (nSPS) is 18.0. The van der Waals surface area contributed by atoms with Crippen LogP contribution in [0.15, 0.2) is 58.4 Å². The third-order valence-corrected chi connectivity index (χ3v) is 4.97. The van der Waals surface area contributed by atoms with Gasteiger partial charge < -0.3 is 5.32 Å². The molecule has 0 atom stereocenters. The van der Waals surface area contributed by atoms with E-state index < -0.39 is 0 Å². The number of nitrogens with zero attached hydrogens (tertiary/aromatic N) is 1. The second-order valence-corrected chi connectivity index (χ2v) is 7.11. The van der Waals surface area contributed by atoms with Crippen LogP contribution in [0.4, 0.5) is 5.69 Å². The van der Waals surface area contributed by atoms with Crippen molar-refractivity contribution < 1.29 is 4.79 Å². The lowest BCUT2D eigenvalue weighted by Gasteiger charge is -1.98. The van der Waals surface area contributed by atoms with Gasteiger partial charge in [-0.3, -0.25) is 4.79 Å². The topological polar surface area (TPSA) is 41.5 Å². The molecule has 1 amide bonds. The molecule has 3 rings (SSSR count). The molecule has 1 aliphatic rings. The summed E-state index contributed by atoms with van der Waals surface area (Å²) in [4.78, 5) is 17.1. The van der Waals surface area contributed by atoms with Crippen molar-refractivity contribution in [3.8, 4) is 0 Å². The fourth-order valence-electron chi connectivity index (χ4n) is 1.84. The fourth-order valence-corrected chi connectivity index (χ4v) is 3.31. The molecule has 3 nitrogen and oxygen atoms in total. The first-order chi connectivity index (χ1) is 10.6. The maximum atomic E-state index is 12.0. The lowest BCUT2D eigenvalue weighted by molar-refractivity contribution is -0.115. The number of nitrogens with one attached hydrogen (secondary N) is 1. The van der Waals surface area contributed by atoms with E-state index in [9.17, 15) is 4.79 Å². The summed E-state index contributed by atoms with van der Waals surface area (Å²) in [6.45, 7) is 0. The van der Waals surface area contributed by atoms with Crippen molar-refractivity contribution in [2.24, 2.45) is 4.99 Å². The van der Waals surface area contributed by atoms with Crippen LogP contribution in [0.3, 0.4) is 0 Å². The molecule has 0 radical (unpaired) electrons. The molecule has 1 fully saturated rings. The summed E-state index contributed by atoms with van der Waals surface area (Å²) in [7, 11) is 0. The molecule has 0 saturated carbocycles. The van der Waals surface area contributed by atoms with Crippen LogP contribution in [0, 0.1) is 3.57 Å². The van der Waals surface area contributed by atoms with E-state index in [2.05, 4.69) is 32.9 Å². The number of carbonyl (C=O) groups excluding carboxylic acids is 1. The number of para-hydroxylation sites is 1. The van der Waals surface area contributed by atoms with Crippen LogP contribution in [0.1, 0.15) is 5.56 Å². The van der Waals surface area contributed by atoms with Gasteiger partial charge in [0.05, 0.1) is 10.6 Å². The van der Waals surface area contributed by atoms with E-state index in [1.54, 1.807) is 12.1 Å². The van der Waals surface area contributed by atoms with E-state index in [1.165, 1.54) is 11.8 Å². The van der Waals surface area contributed by atoms with Gasteiger partial charge in [-0.05, 0) is 70.3 Å². The van der Waals surface area contributed by atoms with Gasteiger partial charge in [-0.1, -0.05) is 35.9 Å². The highest BCUT2D eigenvalue weighted by Gasteiger charge is 2.23. The van der Waals surface area contributed by atoms with Gasteiger partial charge in [0.2, 0.25) is 0 Å². The summed E-state index contributed by atoms with van der Waals surface area (Å²) in [5, 5.41) is 4.05. The highest BCUT2D eigenvalue weighted by Crippen LogP contribution is 2.29. The van der Waals surface area contributed by atoms with Crippen molar-refractivity contribution in [1.29, 1.82) is 0 Å². The van der Waals surface area contributed by atoms with Crippen LogP contribution in [0.2, 0.25) is 5.02 Å². The third kappa shape index (κ3) is 3.71. The second kappa shape index (κ2) is 6.85. The van der Waals surface area contributed by atoms with Crippen molar-refractivity contribution >= 4 is 68.8 Å². The average Bonchev–Trinajstić information content (AvgIpc) is 2.84. The molecule has 1 aliphatic heterocycles.